The molecule has 1 N–H and O–H groups in total. The molecule has 1 fully saturated rings. The summed E-state index contributed by atoms with van der Waals surface area (Å²) in [4.78, 5) is 0. The largest absolute Gasteiger partial charge is 0.396 e. The maximum Gasteiger partial charge on any atom is 0.158 e. The van der Waals surface area contributed by atoms with Gasteiger partial charge in [-0.1, -0.05) is 103 Å². The van der Waals surface area contributed by atoms with E-state index in [4.69, 9.17) is 14.6 Å². The average molecular weight is 371 g/mol. The van der Waals surface area contributed by atoms with Crippen LogP contribution >= 0.6 is 0 Å². The van der Waals surface area contributed by atoms with Crippen molar-refractivity contribution in [1.29, 1.82) is 0 Å². The predicted octanol–water partition coefficient (Wildman–Crippen LogP) is 6.62. The lowest BCUT2D eigenvalue weighted by molar-refractivity contribution is -0.111. The summed E-state index contributed by atoms with van der Waals surface area (Å²) in [5.41, 5.74) is 0. The first kappa shape index (κ1) is 23.9. The number of aliphatic hydroxyl groups is 1. The number of rotatable bonds is 19. The predicted molar refractivity (Wildman–Crippen MR) is 110 cm³/mol. The third kappa shape index (κ3) is 14.0. The van der Waals surface area contributed by atoms with Crippen LogP contribution in [0.4, 0.5) is 0 Å². The monoisotopic (exact) mass is 370 g/mol. The molecule has 0 bridgehead atoms. The Morgan fingerprint density at radius 3 is 1.62 bits per heavy atom. The molecule has 156 valence electrons. The van der Waals surface area contributed by atoms with Crippen LogP contribution in [0.1, 0.15) is 116 Å². The van der Waals surface area contributed by atoms with E-state index >= 15 is 0 Å². The Hall–Kier alpha value is -0.120. The number of ether oxygens (including phenoxy) is 2. The summed E-state index contributed by atoms with van der Waals surface area (Å²) in [6, 6.07) is 0. The molecule has 0 spiro atoms. The van der Waals surface area contributed by atoms with Gasteiger partial charge in [0.15, 0.2) is 6.29 Å². The first-order valence-electron chi connectivity index (χ1n) is 11.7. The van der Waals surface area contributed by atoms with Crippen LogP contribution in [0, 0.1) is 5.92 Å². The highest BCUT2D eigenvalue weighted by Crippen LogP contribution is 2.20. The van der Waals surface area contributed by atoms with Crippen molar-refractivity contribution in [2.75, 3.05) is 19.8 Å². The minimum Gasteiger partial charge on any atom is -0.396 e. The zero-order chi connectivity index (χ0) is 18.7. The van der Waals surface area contributed by atoms with E-state index < -0.39 is 0 Å². The van der Waals surface area contributed by atoms with E-state index in [1.807, 2.05) is 0 Å². The van der Waals surface area contributed by atoms with Crippen LogP contribution in [-0.2, 0) is 9.47 Å². The molecule has 1 aliphatic heterocycles. The average Bonchev–Trinajstić information content (AvgIpc) is 3.12. The van der Waals surface area contributed by atoms with E-state index in [0.717, 1.165) is 19.4 Å². The van der Waals surface area contributed by atoms with Gasteiger partial charge in [-0.3, -0.25) is 0 Å². The number of unbranched alkanes of at least 4 members (excludes halogenated alkanes) is 15. The third-order valence-electron chi connectivity index (χ3n) is 5.60. The lowest BCUT2D eigenvalue weighted by atomic mass is 10.0. The fourth-order valence-electron chi connectivity index (χ4n) is 3.76. The fourth-order valence-corrected chi connectivity index (χ4v) is 3.76. The first-order valence-corrected chi connectivity index (χ1v) is 11.7. The van der Waals surface area contributed by atoms with Crippen molar-refractivity contribution in [3.05, 3.63) is 0 Å². The fraction of sp³-hybridized carbons (Fsp3) is 1.00. The van der Waals surface area contributed by atoms with E-state index in [2.05, 4.69) is 6.92 Å². The van der Waals surface area contributed by atoms with Crippen molar-refractivity contribution in [2.45, 2.75) is 122 Å². The van der Waals surface area contributed by atoms with Gasteiger partial charge in [0, 0.05) is 25.6 Å². The lowest BCUT2D eigenvalue weighted by Crippen LogP contribution is -2.12. The Morgan fingerprint density at radius 1 is 0.731 bits per heavy atom. The quantitative estimate of drug-likeness (QED) is 0.260. The molecular formula is C23H46O3. The van der Waals surface area contributed by atoms with Gasteiger partial charge in [-0.25, -0.2) is 0 Å². The normalized spacial score (nSPS) is 20.1. The Morgan fingerprint density at radius 2 is 1.19 bits per heavy atom. The van der Waals surface area contributed by atoms with Gasteiger partial charge in [0.2, 0.25) is 0 Å². The number of hydrogen-bond donors (Lipinski definition) is 1. The van der Waals surface area contributed by atoms with Crippen molar-refractivity contribution < 1.29 is 14.6 Å². The number of aliphatic hydroxyl groups excluding tert-OH is 1. The molecule has 2 atom stereocenters. The van der Waals surface area contributed by atoms with Gasteiger partial charge in [-0.05, 0) is 6.42 Å². The summed E-state index contributed by atoms with van der Waals surface area (Å²) < 4.78 is 11.2. The van der Waals surface area contributed by atoms with E-state index in [1.165, 1.54) is 96.3 Å². The Balaban J connectivity index is 1.67. The van der Waals surface area contributed by atoms with Crippen LogP contribution in [0.25, 0.3) is 0 Å². The second-order valence-electron chi connectivity index (χ2n) is 8.22. The molecule has 0 saturated carbocycles. The molecule has 0 aromatic rings. The van der Waals surface area contributed by atoms with Crippen molar-refractivity contribution in [3.8, 4) is 0 Å². The van der Waals surface area contributed by atoms with Crippen LogP contribution < -0.4 is 0 Å². The van der Waals surface area contributed by atoms with E-state index in [-0.39, 0.29) is 18.8 Å². The number of hydrogen-bond acceptors (Lipinski definition) is 3. The molecule has 1 saturated heterocycles. The van der Waals surface area contributed by atoms with Crippen LogP contribution in [-0.4, -0.2) is 31.2 Å². The van der Waals surface area contributed by atoms with Gasteiger partial charge in [0.25, 0.3) is 0 Å². The zero-order valence-corrected chi connectivity index (χ0v) is 17.6. The topological polar surface area (TPSA) is 38.7 Å². The summed E-state index contributed by atoms with van der Waals surface area (Å²) in [5, 5.41) is 9.07. The van der Waals surface area contributed by atoms with Crippen LogP contribution in [0.15, 0.2) is 0 Å². The van der Waals surface area contributed by atoms with Crippen LogP contribution in [0.5, 0.6) is 0 Å². The molecule has 1 rings (SSSR count). The summed E-state index contributed by atoms with van der Waals surface area (Å²) in [6.45, 7) is 3.97. The molecule has 0 aromatic carbocycles. The standard InChI is InChI=1S/C23H46O3/c1-2-3-4-5-6-7-8-9-10-11-12-13-14-15-16-17-18-25-23-19-22(20-24)21-26-23/h22-24H,2-21H2,1H3. The molecule has 26 heavy (non-hydrogen) atoms. The molecule has 1 heterocycles. The highest BCUT2D eigenvalue weighted by atomic mass is 16.7. The van der Waals surface area contributed by atoms with Gasteiger partial charge >= 0.3 is 0 Å². The maximum atomic E-state index is 9.07. The minimum absolute atomic E-state index is 0.0662. The lowest BCUT2D eigenvalue weighted by Gasteiger charge is -2.10. The molecular weight excluding hydrogens is 324 g/mol. The summed E-state index contributed by atoms with van der Waals surface area (Å²) in [5.74, 6) is 0.283. The van der Waals surface area contributed by atoms with Crippen molar-refractivity contribution in [1.82, 2.24) is 0 Å². The maximum absolute atomic E-state index is 9.07. The van der Waals surface area contributed by atoms with E-state index in [1.54, 1.807) is 0 Å². The van der Waals surface area contributed by atoms with Crippen LogP contribution in [0.3, 0.4) is 0 Å². The molecule has 0 aliphatic carbocycles. The first-order chi connectivity index (χ1) is 12.9. The highest BCUT2D eigenvalue weighted by molar-refractivity contribution is 4.66. The summed E-state index contributed by atoms with van der Waals surface area (Å²) >= 11 is 0. The Labute approximate surface area is 163 Å². The summed E-state index contributed by atoms with van der Waals surface area (Å²) in [6.07, 6.45) is 23.1. The SMILES string of the molecule is CCCCCCCCCCCCCCCCCCOC1CC(CO)CO1. The van der Waals surface area contributed by atoms with Gasteiger partial charge in [0.05, 0.1) is 6.61 Å². The molecule has 3 heteroatoms. The molecule has 0 radical (unpaired) electrons. The zero-order valence-electron chi connectivity index (χ0n) is 17.6. The smallest absolute Gasteiger partial charge is 0.158 e. The molecule has 1 aliphatic rings. The van der Waals surface area contributed by atoms with Gasteiger partial charge in [-0.15, -0.1) is 0 Å². The van der Waals surface area contributed by atoms with Crippen LogP contribution in [0.2, 0.25) is 0 Å². The second kappa shape index (κ2) is 18.3. The molecule has 3 nitrogen and oxygen atoms in total. The van der Waals surface area contributed by atoms with Crippen molar-refractivity contribution in [3.63, 3.8) is 0 Å². The molecule has 0 aromatic heterocycles. The van der Waals surface area contributed by atoms with Gasteiger partial charge in [-0.2, -0.15) is 0 Å². The third-order valence-corrected chi connectivity index (χ3v) is 5.60. The minimum atomic E-state index is -0.0662. The Kier molecular flexibility index (Phi) is 16.8. The van der Waals surface area contributed by atoms with E-state index in [9.17, 15) is 0 Å². The Bertz CT molecular complexity index is 283. The summed E-state index contributed by atoms with van der Waals surface area (Å²) in [7, 11) is 0. The highest BCUT2D eigenvalue weighted by Gasteiger charge is 2.24. The van der Waals surface area contributed by atoms with Crippen molar-refractivity contribution in [2.24, 2.45) is 5.92 Å². The van der Waals surface area contributed by atoms with Gasteiger partial charge < -0.3 is 14.6 Å². The second-order valence-corrected chi connectivity index (χ2v) is 8.22. The van der Waals surface area contributed by atoms with Crippen molar-refractivity contribution >= 4 is 0 Å². The van der Waals surface area contributed by atoms with E-state index in [0.29, 0.717) is 6.61 Å². The van der Waals surface area contributed by atoms with Gasteiger partial charge in [0.1, 0.15) is 0 Å². The molecule has 0 amide bonds. The molecule has 2 unspecified atom stereocenters.